The number of hydrogen-bond donors (Lipinski definition) is 2. The predicted octanol–water partition coefficient (Wildman–Crippen LogP) is 2.98. The van der Waals surface area contributed by atoms with Crippen LogP contribution in [0.2, 0.25) is 0 Å². The van der Waals surface area contributed by atoms with Gasteiger partial charge in [0.1, 0.15) is 6.54 Å². The van der Waals surface area contributed by atoms with E-state index in [4.69, 9.17) is 0 Å². The number of unbranched alkanes of at least 4 members (excludes halogenated alkanes) is 1. The molecule has 0 radical (unpaired) electrons. The van der Waals surface area contributed by atoms with E-state index in [1.165, 1.54) is 50.9 Å². The minimum absolute atomic E-state index is 0. The molecule has 1 aromatic carbocycles. The molecule has 30 heavy (non-hydrogen) atoms. The molecule has 170 valence electrons. The number of aliphatic imine (C=N–C) groups is 1. The van der Waals surface area contributed by atoms with Crippen molar-refractivity contribution < 1.29 is 4.79 Å². The van der Waals surface area contributed by atoms with E-state index in [0.717, 1.165) is 31.4 Å². The number of carbonyl (C=O) groups is 1. The number of benzene rings is 1. The number of rotatable bonds is 10. The van der Waals surface area contributed by atoms with Gasteiger partial charge < -0.3 is 20.4 Å². The van der Waals surface area contributed by atoms with Crippen molar-refractivity contribution in [3.63, 3.8) is 0 Å². The lowest BCUT2D eigenvalue weighted by molar-refractivity contribution is -0.127. The number of likely N-dealkylation sites (tertiary alicyclic amines) is 1. The summed E-state index contributed by atoms with van der Waals surface area (Å²) < 4.78 is 0. The van der Waals surface area contributed by atoms with E-state index in [2.05, 4.69) is 50.9 Å². The van der Waals surface area contributed by atoms with Gasteiger partial charge in [0.2, 0.25) is 5.91 Å². The number of hydrogen-bond acceptors (Lipinski definition) is 3. The van der Waals surface area contributed by atoms with E-state index in [-0.39, 0.29) is 36.4 Å². The summed E-state index contributed by atoms with van der Waals surface area (Å²) in [4.78, 5) is 20.2. The van der Waals surface area contributed by atoms with Crippen molar-refractivity contribution in [1.29, 1.82) is 0 Å². The zero-order valence-electron chi connectivity index (χ0n) is 18.9. The molecule has 2 N–H and O–H groups in total. The van der Waals surface area contributed by atoms with Crippen LogP contribution in [0, 0.1) is 5.92 Å². The van der Waals surface area contributed by atoms with Gasteiger partial charge in [0.05, 0.1) is 0 Å². The van der Waals surface area contributed by atoms with E-state index < -0.39 is 0 Å². The second kappa shape index (κ2) is 15.5. The van der Waals surface area contributed by atoms with Gasteiger partial charge in [0.15, 0.2) is 5.96 Å². The molecule has 0 aliphatic carbocycles. The fourth-order valence-corrected chi connectivity index (χ4v) is 3.66. The van der Waals surface area contributed by atoms with Crippen molar-refractivity contribution in [2.24, 2.45) is 10.9 Å². The molecule has 6 nitrogen and oxygen atoms in total. The maximum atomic E-state index is 11.7. The first-order valence-electron chi connectivity index (χ1n) is 11.1. The van der Waals surface area contributed by atoms with E-state index in [1.807, 2.05) is 6.92 Å². The summed E-state index contributed by atoms with van der Waals surface area (Å²) in [6.45, 7) is 7.51. The summed E-state index contributed by atoms with van der Waals surface area (Å²) in [5, 5.41) is 6.54. The predicted molar refractivity (Wildman–Crippen MR) is 137 cm³/mol. The summed E-state index contributed by atoms with van der Waals surface area (Å²) in [6.07, 6.45) is 6.14. The number of guanidine groups is 1. The van der Waals surface area contributed by atoms with Crippen LogP contribution in [-0.4, -0.2) is 75.0 Å². The molecule has 0 saturated carbocycles. The Morgan fingerprint density at radius 1 is 1.13 bits per heavy atom. The average Bonchev–Trinajstić information content (AvgIpc) is 2.73. The third kappa shape index (κ3) is 10.6. The molecular formula is C23H40IN5O. The van der Waals surface area contributed by atoms with Gasteiger partial charge in [-0.15, -0.1) is 24.0 Å². The summed E-state index contributed by atoms with van der Waals surface area (Å²) in [7, 11) is 3.51. The van der Waals surface area contributed by atoms with Crippen LogP contribution in [0.5, 0.6) is 0 Å². The third-order valence-electron chi connectivity index (χ3n) is 5.48. The molecule has 1 aliphatic heterocycles. The Balaban J connectivity index is 0.00000450. The van der Waals surface area contributed by atoms with Crippen molar-refractivity contribution in [3.8, 4) is 0 Å². The Bertz CT molecular complexity index is 615. The Kier molecular flexibility index (Phi) is 13.7. The van der Waals surface area contributed by atoms with Gasteiger partial charge in [-0.05, 0) is 70.1 Å². The minimum Gasteiger partial charge on any atom is -0.357 e. The Labute approximate surface area is 199 Å². The molecule has 7 heteroatoms. The number of amides is 1. The van der Waals surface area contributed by atoms with E-state index in [9.17, 15) is 4.79 Å². The summed E-state index contributed by atoms with van der Waals surface area (Å²) >= 11 is 0. The molecule has 1 fully saturated rings. The zero-order chi connectivity index (χ0) is 20.9. The number of likely N-dealkylation sites (N-methyl/N-ethyl adjacent to an activating group) is 1. The lowest BCUT2D eigenvalue weighted by Gasteiger charge is -2.32. The van der Waals surface area contributed by atoms with Crippen molar-refractivity contribution >= 4 is 35.8 Å². The quantitative estimate of drug-likeness (QED) is 0.212. The summed E-state index contributed by atoms with van der Waals surface area (Å²) in [5.41, 5.74) is 1.47. The lowest BCUT2D eigenvalue weighted by Crippen LogP contribution is -2.39. The number of piperidine rings is 1. The molecule has 0 bridgehead atoms. The van der Waals surface area contributed by atoms with Crippen molar-refractivity contribution in [2.45, 2.75) is 39.0 Å². The van der Waals surface area contributed by atoms with Crippen LogP contribution in [0.1, 0.15) is 38.2 Å². The van der Waals surface area contributed by atoms with E-state index in [0.29, 0.717) is 0 Å². The molecule has 1 amide bonds. The molecule has 1 aliphatic rings. The van der Waals surface area contributed by atoms with Crippen LogP contribution >= 0.6 is 24.0 Å². The molecule has 1 saturated heterocycles. The molecule has 0 aromatic heterocycles. The van der Waals surface area contributed by atoms with Gasteiger partial charge in [-0.3, -0.25) is 4.79 Å². The first-order valence-corrected chi connectivity index (χ1v) is 11.1. The van der Waals surface area contributed by atoms with Crippen LogP contribution < -0.4 is 10.6 Å². The smallest absolute Gasteiger partial charge is 0.243 e. The molecule has 0 spiro atoms. The molecule has 2 rings (SSSR count). The SMILES string of the molecule is CCNC(=NCC(=O)N(C)C)NCCCCN1CCC(Cc2ccccc2)CC1.I. The van der Waals surface area contributed by atoms with E-state index in [1.54, 1.807) is 19.0 Å². The van der Waals surface area contributed by atoms with Crippen LogP contribution in [-0.2, 0) is 11.2 Å². The van der Waals surface area contributed by atoms with Crippen LogP contribution in [0.3, 0.4) is 0 Å². The molecule has 1 aromatic rings. The molecular weight excluding hydrogens is 489 g/mol. The zero-order valence-corrected chi connectivity index (χ0v) is 21.2. The standard InChI is InChI=1S/C23H39N5O.HI/c1-4-24-23(26-19-22(29)27(2)3)25-14-8-9-15-28-16-12-21(13-17-28)18-20-10-6-5-7-11-20;/h5-7,10-11,21H,4,8-9,12-19H2,1-3H3,(H2,24,25,26);1H. The van der Waals surface area contributed by atoms with Crippen molar-refractivity contribution in [1.82, 2.24) is 20.4 Å². The van der Waals surface area contributed by atoms with Gasteiger partial charge >= 0.3 is 0 Å². The first kappa shape index (κ1) is 26.7. The lowest BCUT2D eigenvalue weighted by atomic mass is 9.90. The van der Waals surface area contributed by atoms with Gasteiger partial charge in [-0.2, -0.15) is 0 Å². The number of carbonyl (C=O) groups excluding carboxylic acids is 1. The van der Waals surface area contributed by atoms with Crippen LogP contribution in [0.15, 0.2) is 35.3 Å². The Morgan fingerprint density at radius 3 is 2.47 bits per heavy atom. The fourth-order valence-electron chi connectivity index (χ4n) is 3.66. The largest absolute Gasteiger partial charge is 0.357 e. The maximum Gasteiger partial charge on any atom is 0.243 e. The van der Waals surface area contributed by atoms with E-state index >= 15 is 0 Å². The van der Waals surface area contributed by atoms with Gasteiger partial charge in [-0.25, -0.2) is 4.99 Å². The summed E-state index contributed by atoms with van der Waals surface area (Å²) in [6, 6.07) is 10.9. The normalized spacial score (nSPS) is 15.4. The molecule has 0 unspecified atom stereocenters. The number of nitrogens with zero attached hydrogens (tertiary/aromatic N) is 3. The van der Waals surface area contributed by atoms with Gasteiger partial charge in [-0.1, -0.05) is 30.3 Å². The number of nitrogens with one attached hydrogen (secondary N) is 2. The fraction of sp³-hybridized carbons (Fsp3) is 0.652. The van der Waals surface area contributed by atoms with Crippen LogP contribution in [0.25, 0.3) is 0 Å². The first-order chi connectivity index (χ1) is 14.1. The van der Waals surface area contributed by atoms with Gasteiger partial charge in [0.25, 0.3) is 0 Å². The highest BCUT2D eigenvalue weighted by atomic mass is 127. The number of halogens is 1. The highest BCUT2D eigenvalue weighted by molar-refractivity contribution is 14.0. The highest BCUT2D eigenvalue weighted by Crippen LogP contribution is 2.21. The molecule has 1 heterocycles. The van der Waals surface area contributed by atoms with Crippen molar-refractivity contribution in [2.75, 3.05) is 53.4 Å². The second-order valence-electron chi connectivity index (χ2n) is 8.09. The second-order valence-corrected chi connectivity index (χ2v) is 8.09. The van der Waals surface area contributed by atoms with Crippen LogP contribution in [0.4, 0.5) is 0 Å². The molecule has 0 atom stereocenters. The highest BCUT2D eigenvalue weighted by Gasteiger charge is 2.18. The monoisotopic (exact) mass is 529 g/mol. The summed E-state index contributed by atoms with van der Waals surface area (Å²) in [5.74, 6) is 1.57. The minimum atomic E-state index is 0. The Hall–Kier alpha value is -1.35. The van der Waals surface area contributed by atoms with Crippen molar-refractivity contribution in [3.05, 3.63) is 35.9 Å². The van der Waals surface area contributed by atoms with Gasteiger partial charge in [0, 0.05) is 27.2 Å². The average molecular weight is 530 g/mol. The topological polar surface area (TPSA) is 60.0 Å². The third-order valence-corrected chi connectivity index (χ3v) is 5.48. The Morgan fingerprint density at radius 2 is 1.83 bits per heavy atom. The maximum absolute atomic E-state index is 11.7.